The van der Waals surface area contributed by atoms with Crippen molar-refractivity contribution in [2.75, 3.05) is 11.9 Å². The number of H-pyrrole nitrogens is 2. The van der Waals surface area contributed by atoms with Gasteiger partial charge in [-0.1, -0.05) is 6.92 Å². The Kier molecular flexibility index (Phi) is 4.36. The topological polar surface area (TPSA) is 157 Å². The van der Waals surface area contributed by atoms with Crippen LogP contribution in [0.1, 0.15) is 31.9 Å². The van der Waals surface area contributed by atoms with Gasteiger partial charge in [-0.3, -0.25) is 4.98 Å². The molecule has 0 spiro atoms. The van der Waals surface area contributed by atoms with Crippen LogP contribution >= 0.6 is 0 Å². The van der Waals surface area contributed by atoms with E-state index in [2.05, 4.69) is 35.3 Å². The van der Waals surface area contributed by atoms with Crippen molar-refractivity contribution in [2.24, 2.45) is 4.99 Å². The molecule has 1 aliphatic carbocycles. The fraction of sp³-hybridized carbons (Fsp3) is 0.438. The maximum absolute atomic E-state index is 11.3. The number of aromatic amines is 2. The molecule has 1 fully saturated rings. The zero-order chi connectivity index (χ0) is 19.0. The number of aliphatic hydroxyl groups is 1. The lowest BCUT2D eigenvalue weighted by Gasteiger charge is -2.13. The van der Waals surface area contributed by atoms with Gasteiger partial charge in [-0.15, -0.1) is 0 Å². The molecule has 1 atom stereocenters. The van der Waals surface area contributed by atoms with Crippen LogP contribution in [0.25, 0.3) is 11.7 Å². The molecular weight excluding hydrogens is 352 g/mol. The van der Waals surface area contributed by atoms with E-state index in [1.165, 1.54) is 4.52 Å². The van der Waals surface area contributed by atoms with Crippen LogP contribution in [0.15, 0.2) is 16.0 Å². The van der Waals surface area contributed by atoms with Gasteiger partial charge >= 0.3 is 5.69 Å². The Labute approximate surface area is 152 Å². The highest BCUT2D eigenvalue weighted by Gasteiger charge is 2.21. The van der Waals surface area contributed by atoms with Crippen LogP contribution in [0.5, 0.6) is 5.88 Å². The molecule has 3 aromatic heterocycles. The van der Waals surface area contributed by atoms with E-state index in [0.29, 0.717) is 28.9 Å². The molecular formula is C16H20N8O3. The number of nitrogens with zero attached hydrogens (tertiary/aromatic N) is 5. The molecule has 1 aliphatic rings. The summed E-state index contributed by atoms with van der Waals surface area (Å²) in [6, 6.07) is 0.0547. The number of imidazole rings is 1. The van der Waals surface area contributed by atoms with Crippen molar-refractivity contribution >= 4 is 17.7 Å². The number of rotatable bonds is 6. The molecule has 11 heteroatoms. The summed E-state index contributed by atoms with van der Waals surface area (Å²) in [6.45, 7) is 1.90. The van der Waals surface area contributed by atoms with E-state index in [1.54, 1.807) is 12.3 Å². The van der Waals surface area contributed by atoms with E-state index in [9.17, 15) is 15.0 Å². The van der Waals surface area contributed by atoms with Gasteiger partial charge in [-0.05, 0) is 25.3 Å². The molecule has 0 aliphatic heterocycles. The normalized spacial score (nSPS) is 17.0. The molecule has 3 heterocycles. The molecule has 0 bridgehead atoms. The van der Waals surface area contributed by atoms with Crippen molar-refractivity contribution in [1.29, 1.82) is 0 Å². The van der Waals surface area contributed by atoms with Crippen LogP contribution in [-0.2, 0) is 0 Å². The van der Waals surface area contributed by atoms with Gasteiger partial charge in [0.2, 0.25) is 11.8 Å². The highest BCUT2D eigenvalue weighted by molar-refractivity contribution is 5.57. The molecule has 27 heavy (non-hydrogen) atoms. The minimum absolute atomic E-state index is 0.0448. The van der Waals surface area contributed by atoms with Crippen molar-refractivity contribution in [2.45, 2.75) is 38.3 Å². The number of aromatic nitrogens is 6. The lowest BCUT2D eigenvalue weighted by Crippen LogP contribution is -2.29. The zero-order valence-corrected chi connectivity index (χ0v) is 14.7. The molecule has 0 unspecified atom stereocenters. The van der Waals surface area contributed by atoms with Crippen LogP contribution in [0.2, 0.25) is 0 Å². The summed E-state index contributed by atoms with van der Waals surface area (Å²) in [5.74, 6) is 0.0747. The second-order valence-electron chi connectivity index (χ2n) is 6.46. The highest BCUT2D eigenvalue weighted by Crippen LogP contribution is 2.22. The van der Waals surface area contributed by atoms with Gasteiger partial charge in [-0.25, -0.2) is 9.79 Å². The van der Waals surface area contributed by atoms with Crippen LogP contribution in [0.3, 0.4) is 0 Å². The summed E-state index contributed by atoms with van der Waals surface area (Å²) in [7, 11) is 0. The minimum Gasteiger partial charge on any atom is -0.493 e. The van der Waals surface area contributed by atoms with Crippen LogP contribution in [0.4, 0.5) is 5.95 Å². The summed E-state index contributed by atoms with van der Waals surface area (Å²) < 4.78 is 1.52. The molecule has 0 radical (unpaired) electrons. The van der Waals surface area contributed by atoms with Crippen molar-refractivity contribution in [3.05, 3.63) is 33.2 Å². The monoisotopic (exact) mass is 372 g/mol. The molecule has 4 rings (SSSR count). The van der Waals surface area contributed by atoms with Crippen LogP contribution < -0.4 is 21.8 Å². The van der Waals surface area contributed by atoms with E-state index < -0.39 is 5.69 Å². The number of anilines is 1. The zero-order valence-electron chi connectivity index (χ0n) is 14.7. The van der Waals surface area contributed by atoms with E-state index in [4.69, 9.17) is 0 Å². The Hall–Kier alpha value is -3.21. The number of hydrogen-bond donors (Lipinski definition) is 5. The molecule has 142 valence electrons. The number of fused-ring (bicyclic) bond motifs is 1. The lowest BCUT2D eigenvalue weighted by atomic mass is 10.2. The fourth-order valence-electron chi connectivity index (χ4n) is 2.60. The van der Waals surface area contributed by atoms with Crippen molar-refractivity contribution < 1.29 is 10.2 Å². The molecule has 3 aromatic rings. The first kappa shape index (κ1) is 17.2. The van der Waals surface area contributed by atoms with Gasteiger partial charge in [0.15, 0.2) is 5.65 Å². The quantitative estimate of drug-likeness (QED) is 0.358. The Morgan fingerprint density at radius 3 is 2.89 bits per heavy atom. The highest BCUT2D eigenvalue weighted by atomic mass is 16.3. The van der Waals surface area contributed by atoms with Gasteiger partial charge in [-0.2, -0.15) is 19.6 Å². The number of hydrogen-bond acceptors (Lipinski definition) is 8. The van der Waals surface area contributed by atoms with Gasteiger partial charge in [0.05, 0.1) is 24.9 Å². The Bertz CT molecular complexity index is 1140. The minimum atomic E-state index is -0.509. The maximum atomic E-state index is 11.3. The van der Waals surface area contributed by atoms with E-state index in [-0.39, 0.29) is 30.3 Å². The first-order chi connectivity index (χ1) is 13.1. The number of nitrogens with one attached hydrogen (secondary N) is 3. The van der Waals surface area contributed by atoms with Gasteiger partial charge < -0.3 is 20.5 Å². The average molecular weight is 372 g/mol. The van der Waals surface area contributed by atoms with E-state index in [1.807, 2.05) is 6.92 Å². The summed E-state index contributed by atoms with van der Waals surface area (Å²) in [4.78, 5) is 29.6. The number of aliphatic hydroxyl groups excluding tert-OH is 1. The summed E-state index contributed by atoms with van der Waals surface area (Å²) in [5, 5.41) is 27.2. The predicted molar refractivity (Wildman–Crippen MR) is 96.0 cm³/mol. The number of aromatic hydroxyl groups is 1. The molecule has 0 saturated heterocycles. The largest absolute Gasteiger partial charge is 0.493 e. The summed E-state index contributed by atoms with van der Waals surface area (Å²) in [5.41, 5.74) is 0.612. The lowest BCUT2D eigenvalue weighted by molar-refractivity contribution is 0.271. The molecule has 0 amide bonds. The van der Waals surface area contributed by atoms with Gasteiger partial charge in [0, 0.05) is 5.22 Å². The SMILES string of the molecule is CC[C@H](CO)Nc1nc(=NC2CC2)n2ncc(=Cc3[nH]c(=O)[nH]c3O)c2n1. The third kappa shape index (κ3) is 3.53. The van der Waals surface area contributed by atoms with Crippen molar-refractivity contribution in [3.8, 4) is 5.88 Å². The molecule has 5 N–H and O–H groups in total. The third-order valence-corrected chi connectivity index (χ3v) is 4.30. The molecule has 1 saturated carbocycles. The van der Waals surface area contributed by atoms with E-state index >= 15 is 0 Å². The summed E-state index contributed by atoms with van der Waals surface area (Å²) >= 11 is 0. The molecule has 11 nitrogen and oxygen atoms in total. The Morgan fingerprint density at radius 2 is 2.26 bits per heavy atom. The molecule has 0 aromatic carbocycles. The van der Waals surface area contributed by atoms with Gasteiger partial charge in [0.1, 0.15) is 5.69 Å². The first-order valence-electron chi connectivity index (χ1n) is 8.77. The maximum Gasteiger partial charge on any atom is 0.326 e. The summed E-state index contributed by atoms with van der Waals surface area (Å²) in [6.07, 6.45) is 5.86. The predicted octanol–water partition coefficient (Wildman–Crippen LogP) is -1.36. The van der Waals surface area contributed by atoms with Crippen LogP contribution in [-0.4, -0.2) is 58.5 Å². The van der Waals surface area contributed by atoms with Crippen molar-refractivity contribution in [1.82, 2.24) is 29.5 Å². The second-order valence-corrected chi connectivity index (χ2v) is 6.46. The van der Waals surface area contributed by atoms with Crippen molar-refractivity contribution in [3.63, 3.8) is 0 Å². The van der Waals surface area contributed by atoms with Gasteiger partial charge in [0.25, 0.3) is 5.62 Å². The standard InChI is InChI=1S/C16H20N8O3/c1-2-9(7-25)18-14-21-12-8(5-11-13(26)22-16(27)20-11)6-17-24(12)15(23-14)19-10-3-4-10/h5-6,9-10,25-26H,2-4,7H2,1H3,(H,18,19,23)(H2,20,22,27)/t9-/m1/s1. The third-order valence-electron chi connectivity index (χ3n) is 4.30. The van der Waals surface area contributed by atoms with Crippen LogP contribution in [0, 0.1) is 0 Å². The second kappa shape index (κ2) is 6.83. The average Bonchev–Trinajstić information content (AvgIpc) is 3.28. The fourth-order valence-corrected chi connectivity index (χ4v) is 2.60. The Balaban J connectivity index is 1.89. The first-order valence-corrected chi connectivity index (χ1v) is 8.77. The van der Waals surface area contributed by atoms with E-state index in [0.717, 1.165) is 12.8 Å². The smallest absolute Gasteiger partial charge is 0.326 e. The Morgan fingerprint density at radius 1 is 1.44 bits per heavy atom.